The van der Waals surface area contributed by atoms with E-state index in [0.717, 1.165) is 31.6 Å². The standard InChI is InChI=1S/C16H26N2O/c1-4-15(16(19)14-8-6-5-7-9-14)18-11-10-17(3)13(2)12-18/h5-9,13,15-16,19H,4,10-12H2,1-3H3. The SMILES string of the molecule is CCC(C(O)c1ccccc1)N1CCN(C)C(C)C1. The van der Waals surface area contributed by atoms with Crippen molar-refractivity contribution in [1.29, 1.82) is 0 Å². The van der Waals surface area contributed by atoms with Gasteiger partial charge >= 0.3 is 0 Å². The van der Waals surface area contributed by atoms with Crippen LogP contribution in [-0.4, -0.2) is 53.7 Å². The quantitative estimate of drug-likeness (QED) is 0.900. The summed E-state index contributed by atoms with van der Waals surface area (Å²) in [6.07, 6.45) is 0.591. The van der Waals surface area contributed by atoms with E-state index >= 15 is 0 Å². The third-order valence-electron chi connectivity index (χ3n) is 4.38. The Morgan fingerprint density at radius 3 is 2.53 bits per heavy atom. The molecule has 1 saturated heterocycles. The van der Waals surface area contributed by atoms with E-state index in [1.165, 1.54) is 0 Å². The van der Waals surface area contributed by atoms with Crippen molar-refractivity contribution in [3.63, 3.8) is 0 Å². The lowest BCUT2D eigenvalue weighted by Crippen LogP contribution is -2.54. The third-order valence-corrected chi connectivity index (χ3v) is 4.38. The van der Waals surface area contributed by atoms with Crippen LogP contribution in [0.5, 0.6) is 0 Å². The van der Waals surface area contributed by atoms with Crippen LogP contribution in [0, 0.1) is 0 Å². The van der Waals surface area contributed by atoms with Gasteiger partial charge in [-0.2, -0.15) is 0 Å². The van der Waals surface area contributed by atoms with Gasteiger partial charge in [0.05, 0.1) is 6.10 Å². The molecule has 3 nitrogen and oxygen atoms in total. The molecule has 2 rings (SSSR count). The molecule has 19 heavy (non-hydrogen) atoms. The molecule has 0 bridgehead atoms. The monoisotopic (exact) mass is 262 g/mol. The zero-order chi connectivity index (χ0) is 13.8. The highest BCUT2D eigenvalue weighted by molar-refractivity contribution is 5.19. The number of hydrogen-bond donors (Lipinski definition) is 1. The van der Waals surface area contributed by atoms with Crippen molar-refractivity contribution >= 4 is 0 Å². The second-order valence-corrected chi connectivity index (χ2v) is 5.66. The Bertz CT molecular complexity index is 382. The normalized spacial score (nSPS) is 25.2. The fraction of sp³-hybridized carbons (Fsp3) is 0.625. The lowest BCUT2D eigenvalue weighted by molar-refractivity contribution is 0.00406. The van der Waals surface area contributed by atoms with Crippen LogP contribution in [0.15, 0.2) is 30.3 Å². The molecule has 1 aromatic carbocycles. The number of aliphatic hydroxyl groups is 1. The first-order valence-corrected chi connectivity index (χ1v) is 7.30. The molecule has 1 aromatic rings. The molecule has 0 radical (unpaired) electrons. The van der Waals surface area contributed by atoms with Gasteiger partial charge in [0.1, 0.15) is 0 Å². The van der Waals surface area contributed by atoms with Gasteiger partial charge in [-0.1, -0.05) is 37.3 Å². The van der Waals surface area contributed by atoms with Crippen LogP contribution < -0.4 is 0 Å². The topological polar surface area (TPSA) is 26.7 Å². The largest absolute Gasteiger partial charge is 0.387 e. The molecule has 0 amide bonds. The van der Waals surface area contributed by atoms with Gasteiger partial charge in [-0.15, -0.1) is 0 Å². The van der Waals surface area contributed by atoms with E-state index < -0.39 is 0 Å². The summed E-state index contributed by atoms with van der Waals surface area (Å²) in [5, 5.41) is 10.6. The zero-order valence-corrected chi connectivity index (χ0v) is 12.3. The number of rotatable bonds is 4. The van der Waals surface area contributed by atoms with Gasteiger partial charge in [0.25, 0.3) is 0 Å². The van der Waals surface area contributed by atoms with E-state index in [0.29, 0.717) is 6.04 Å². The summed E-state index contributed by atoms with van der Waals surface area (Å²) in [5.41, 5.74) is 1.03. The van der Waals surface area contributed by atoms with Crippen molar-refractivity contribution in [1.82, 2.24) is 9.80 Å². The Morgan fingerprint density at radius 1 is 1.26 bits per heavy atom. The van der Waals surface area contributed by atoms with Gasteiger partial charge < -0.3 is 10.0 Å². The maximum atomic E-state index is 10.6. The lowest BCUT2D eigenvalue weighted by atomic mass is 9.97. The van der Waals surface area contributed by atoms with Crippen molar-refractivity contribution in [2.45, 2.75) is 38.5 Å². The summed E-state index contributed by atoms with van der Waals surface area (Å²) in [6.45, 7) is 7.59. The second kappa shape index (κ2) is 6.51. The maximum Gasteiger partial charge on any atom is 0.0945 e. The highest BCUT2D eigenvalue weighted by Gasteiger charge is 2.30. The fourth-order valence-corrected chi connectivity index (χ4v) is 2.93. The summed E-state index contributed by atoms with van der Waals surface area (Å²) < 4.78 is 0. The maximum absolute atomic E-state index is 10.6. The predicted octanol–water partition coefficient (Wildman–Crippen LogP) is 2.13. The molecule has 1 fully saturated rings. The van der Waals surface area contributed by atoms with Crippen molar-refractivity contribution in [2.75, 3.05) is 26.7 Å². The summed E-state index contributed by atoms with van der Waals surface area (Å²) in [6, 6.07) is 10.8. The van der Waals surface area contributed by atoms with Crippen molar-refractivity contribution in [3.8, 4) is 0 Å². The molecule has 0 spiro atoms. The Kier molecular flexibility index (Phi) is 4.97. The molecule has 0 aliphatic carbocycles. The minimum absolute atomic E-state index is 0.221. The Hall–Kier alpha value is -0.900. The average molecular weight is 262 g/mol. The number of aliphatic hydroxyl groups excluding tert-OH is 1. The summed E-state index contributed by atoms with van der Waals surface area (Å²) in [4.78, 5) is 4.83. The van der Waals surface area contributed by atoms with E-state index in [9.17, 15) is 5.11 Å². The molecule has 1 aliphatic rings. The number of piperazine rings is 1. The Morgan fingerprint density at radius 2 is 1.95 bits per heavy atom. The fourth-order valence-electron chi connectivity index (χ4n) is 2.93. The molecule has 1 N–H and O–H groups in total. The molecule has 106 valence electrons. The number of hydrogen-bond acceptors (Lipinski definition) is 3. The van der Waals surface area contributed by atoms with E-state index in [1.807, 2.05) is 30.3 Å². The second-order valence-electron chi connectivity index (χ2n) is 5.66. The van der Waals surface area contributed by atoms with E-state index in [1.54, 1.807) is 0 Å². The highest BCUT2D eigenvalue weighted by atomic mass is 16.3. The number of benzene rings is 1. The molecule has 1 aliphatic heterocycles. The van der Waals surface area contributed by atoms with Gasteiger partial charge in [0, 0.05) is 31.7 Å². The van der Waals surface area contributed by atoms with Crippen LogP contribution in [0.2, 0.25) is 0 Å². The molecule has 3 heteroatoms. The Balaban J connectivity index is 2.07. The molecule has 3 atom stereocenters. The highest BCUT2D eigenvalue weighted by Crippen LogP contribution is 2.25. The molecule has 3 unspecified atom stereocenters. The van der Waals surface area contributed by atoms with Crippen LogP contribution in [0.3, 0.4) is 0 Å². The third kappa shape index (κ3) is 3.35. The average Bonchev–Trinajstić information content (AvgIpc) is 2.44. The van der Waals surface area contributed by atoms with Crippen LogP contribution in [-0.2, 0) is 0 Å². The first-order valence-electron chi connectivity index (χ1n) is 7.30. The van der Waals surface area contributed by atoms with Crippen LogP contribution >= 0.6 is 0 Å². The molecular formula is C16H26N2O. The van der Waals surface area contributed by atoms with Gasteiger partial charge in [-0.3, -0.25) is 4.90 Å². The van der Waals surface area contributed by atoms with Gasteiger partial charge in [0.15, 0.2) is 0 Å². The van der Waals surface area contributed by atoms with E-state index in [4.69, 9.17) is 0 Å². The van der Waals surface area contributed by atoms with E-state index in [2.05, 4.69) is 30.7 Å². The minimum atomic E-state index is -0.387. The van der Waals surface area contributed by atoms with Crippen molar-refractivity contribution in [2.24, 2.45) is 0 Å². The number of nitrogens with zero attached hydrogens (tertiary/aromatic N) is 2. The van der Waals surface area contributed by atoms with Crippen LogP contribution in [0.4, 0.5) is 0 Å². The lowest BCUT2D eigenvalue weighted by Gasteiger charge is -2.43. The molecular weight excluding hydrogens is 236 g/mol. The van der Waals surface area contributed by atoms with Gasteiger partial charge in [0.2, 0.25) is 0 Å². The summed E-state index contributed by atoms with van der Waals surface area (Å²) >= 11 is 0. The first-order chi connectivity index (χ1) is 9.13. The Labute approximate surface area is 116 Å². The van der Waals surface area contributed by atoms with Crippen LogP contribution in [0.1, 0.15) is 31.9 Å². The zero-order valence-electron chi connectivity index (χ0n) is 12.3. The first kappa shape index (κ1) is 14.5. The summed E-state index contributed by atoms with van der Waals surface area (Å²) in [7, 11) is 2.18. The predicted molar refractivity (Wildman–Crippen MR) is 79.1 cm³/mol. The van der Waals surface area contributed by atoms with Gasteiger partial charge in [-0.05, 0) is 26.0 Å². The minimum Gasteiger partial charge on any atom is -0.387 e. The summed E-state index contributed by atoms with van der Waals surface area (Å²) in [5.74, 6) is 0. The van der Waals surface area contributed by atoms with Crippen molar-refractivity contribution < 1.29 is 5.11 Å². The van der Waals surface area contributed by atoms with Crippen LogP contribution in [0.25, 0.3) is 0 Å². The molecule has 0 aromatic heterocycles. The van der Waals surface area contributed by atoms with E-state index in [-0.39, 0.29) is 12.1 Å². The molecule has 0 saturated carbocycles. The smallest absolute Gasteiger partial charge is 0.0945 e. The van der Waals surface area contributed by atoms with Gasteiger partial charge in [-0.25, -0.2) is 0 Å². The number of likely N-dealkylation sites (N-methyl/N-ethyl adjacent to an activating group) is 1. The van der Waals surface area contributed by atoms with Crippen molar-refractivity contribution in [3.05, 3.63) is 35.9 Å². The molecule has 1 heterocycles.